The molecule has 11 heavy (non-hydrogen) atoms. The minimum atomic E-state index is 0.235. The average molecular weight is 233 g/mol. The van der Waals surface area contributed by atoms with Gasteiger partial charge in [0.15, 0.2) is 0 Å². The lowest BCUT2D eigenvalue weighted by atomic mass is 10.2. The van der Waals surface area contributed by atoms with Crippen molar-refractivity contribution in [3.8, 4) is 0 Å². The van der Waals surface area contributed by atoms with Crippen LogP contribution >= 0.6 is 28.7 Å². The van der Waals surface area contributed by atoms with E-state index in [0.717, 1.165) is 10.2 Å². The third kappa shape index (κ3) is 2.47. The largest absolute Gasteiger partial charge is 0.260 e. The second-order valence-electron chi connectivity index (χ2n) is 2.27. The summed E-state index contributed by atoms with van der Waals surface area (Å²) in [6.45, 7) is 2.03. The molecule has 0 aliphatic carbocycles. The first-order valence-corrected chi connectivity index (χ1v) is 4.49. The number of nitrogens with zero attached hydrogens (tertiary/aromatic N) is 1. The normalized spacial score (nSPS) is 13.0. The molecule has 0 bridgehead atoms. The first kappa shape index (κ1) is 9.03. The van der Waals surface area contributed by atoms with E-state index in [1.165, 1.54) is 0 Å². The van der Waals surface area contributed by atoms with Gasteiger partial charge in [-0.3, -0.25) is 4.72 Å². The lowest BCUT2D eigenvalue weighted by Crippen LogP contribution is -2.06. The molecule has 0 saturated heterocycles. The van der Waals surface area contributed by atoms with Crippen LogP contribution in [0.2, 0.25) is 0 Å². The van der Waals surface area contributed by atoms with E-state index >= 15 is 0 Å². The van der Waals surface area contributed by atoms with Crippen molar-refractivity contribution in [1.82, 2.24) is 9.71 Å². The summed E-state index contributed by atoms with van der Waals surface area (Å²) in [5.74, 6) is 0. The van der Waals surface area contributed by atoms with Gasteiger partial charge in [-0.15, -0.1) is 0 Å². The van der Waals surface area contributed by atoms with Crippen molar-refractivity contribution in [3.63, 3.8) is 0 Å². The van der Waals surface area contributed by atoms with Crippen LogP contribution < -0.4 is 4.72 Å². The van der Waals surface area contributed by atoms with Crippen molar-refractivity contribution in [1.29, 1.82) is 0 Å². The van der Waals surface area contributed by atoms with Gasteiger partial charge in [-0.2, -0.15) is 0 Å². The van der Waals surface area contributed by atoms with Gasteiger partial charge in [0.1, 0.15) is 4.60 Å². The highest BCUT2D eigenvalue weighted by molar-refractivity contribution is 9.10. The molecule has 0 radical (unpaired) electrons. The summed E-state index contributed by atoms with van der Waals surface area (Å²) in [5, 5.41) is 0. The van der Waals surface area contributed by atoms with Crippen molar-refractivity contribution in [3.05, 3.63) is 28.5 Å². The fraction of sp³-hybridized carbons (Fsp3) is 0.286. The lowest BCUT2D eigenvalue weighted by molar-refractivity contribution is 0.753. The molecule has 2 nitrogen and oxygen atoms in total. The minimum absolute atomic E-state index is 0.235. The van der Waals surface area contributed by atoms with E-state index in [1.807, 2.05) is 25.3 Å². The molecule has 1 heterocycles. The van der Waals surface area contributed by atoms with Crippen LogP contribution in [0.4, 0.5) is 0 Å². The predicted octanol–water partition coefficient (Wildman–Crippen LogP) is 2.34. The van der Waals surface area contributed by atoms with Crippen LogP contribution in [-0.2, 0) is 0 Å². The number of thiol groups is 1. The number of hydrogen-bond donors (Lipinski definition) is 2. The first-order chi connectivity index (χ1) is 5.24. The van der Waals surface area contributed by atoms with Gasteiger partial charge in [0.25, 0.3) is 0 Å². The molecule has 0 aliphatic heterocycles. The van der Waals surface area contributed by atoms with E-state index in [-0.39, 0.29) is 6.04 Å². The Kier molecular flexibility index (Phi) is 3.36. The zero-order valence-electron chi connectivity index (χ0n) is 6.08. The van der Waals surface area contributed by atoms with Crippen molar-refractivity contribution >= 4 is 28.7 Å². The highest BCUT2D eigenvalue weighted by Crippen LogP contribution is 2.13. The molecule has 4 heteroatoms. The Morgan fingerprint density at radius 2 is 2.36 bits per heavy atom. The molecule has 1 aromatic heterocycles. The summed E-state index contributed by atoms with van der Waals surface area (Å²) < 4.78 is 3.69. The van der Waals surface area contributed by atoms with Crippen molar-refractivity contribution < 1.29 is 0 Å². The van der Waals surface area contributed by atoms with Crippen molar-refractivity contribution in [2.45, 2.75) is 13.0 Å². The Bertz CT molecular complexity index is 224. The standard InChI is InChI=1S/C7H9BrN2S/c1-5(10-11)6-2-3-7(8)9-4-6/h2-5,10-11H,1H3. The third-order valence-corrected chi connectivity index (χ3v) is 2.30. The summed E-state index contributed by atoms with van der Waals surface area (Å²) in [5.41, 5.74) is 1.13. The summed E-state index contributed by atoms with van der Waals surface area (Å²) in [6, 6.07) is 4.15. The van der Waals surface area contributed by atoms with Gasteiger partial charge in [0, 0.05) is 12.2 Å². The van der Waals surface area contributed by atoms with Crippen molar-refractivity contribution in [2.75, 3.05) is 0 Å². The van der Waals surface area contributed by atoms with E-state index in [2.05, 4.69) is 38.5 Å². The molecule has 0 amide bonds. The van der Waals surface area contributed by atoms with E-state index in [1.54, 1.807) is 0 Å². The van der Waals surface area contributed by atoms with Crippen LogP contribution in [0.3, 0.4) is 0 Å². The lowest BCUT2D eigenvalue weighted by Gasteiger charge is -2.07. The maximum atomic E-state index is 4.09. The number of nitrogens with one attached hydrogen (secondary N) is 1. The van der Waals surface area contributed by atoms with Crippen LogP contribution in [0.25, 0.3) is 0 Å². The van der Waals surface area contributed by atoms with Crippen molar-refractivity contribution in [2.24, 2.45) is 0 Å². The maximum Gasteiger partial charge on any atom is 0.106 e. The first-order valence-electron chi connectivity index (χ1n) is 3.25. The molecule has 0 spiro atoms. The molecule has 60 valence electrons. The van der Waals surface area contributed by atoms with Gasteiger partial charge in [-0.05, 0) is 34.5 Å². The van der Waals surface area contributed by atoms with Crippen LogP contribution in [0.15, 0.2) is 22.9 Å². The number of rotatable bonds is 2. The Hall–Kier alpha value is -0.0600. The fourth-order valence-electron chi connectivity index (χ4n) is 0.718. The summed E-state index contributed by atoms with van der Waals surface area (Å²) >= 11 is 7.23. The molecule has 1 rings (SSSR count). The maximum absolute atomic E-state index is 4.09. The molecule has 1 N–H and O–H groups in total. The van der Waals surface area contributed by atoms with Gasteiger partial charge in [0.05, 0.1) is 0 Å². The zero-order valence-corrected chi connectivity index (χ0v) is 8.56. The molecule has 1 aromatic rings. The number of hydrogen-bond acceptors (Lipinski definition) is 3. The minimum Gasteiger partial charge on any atom is -0.260 e. The van der Waals surface area contributed by atoms with Crippen LogP contribution in [-0.4, -0.2) is 4.98 Å². The Balaban J connectivity index is 2.81. The second-order valence-corrected chi connectivity index (χ2v) is 3.34. The second kappa shape index (κ2) is 4.09. The SMILES string of the molecule is CC(NS)c1ccc(Br)nc1. The van der Waals surface area contributed by atoms with Gasteiger partial charge in [0.2, 0.25) is 0 Å². The molecule has 0 fully saturated rings. The summed E-state index contributed by atoms with van der Waals surface area (Å²) in [6.07, 6.45) is 1.82. The topological polar surface area (TPSA) is 24.9 Å². The molecule has 0 aromatic carbocycles. The predicted molar refractivity (Wildman–Crippen MR) is 52.5 cm³/mol. The van der Waals surface area contributed by atoms with Crippen LogP contribution in [0, 0.1) is 0 Å². The van der Waals surface area contributed by atoms with E-state index in [4.69, 9.17) is 0 Å². The Labute approximate surface area is 80.1 Å². The van der Waals surface area contributed by atoms with Gasteiger partial charge in [-0.1, -0.05) is 18.9 Å². The Morgan fingerprint density at radius 1 is 1.64 bits per heavy atom. The smallest absolute Gasteiger partial charge is 0.106 e. The molecule has 0 saturated carbocycles. The fourth-order valence-corrected chi connectivity index (χ4v) is 1.10. The van der Waals surface area contributed by atoms with Gasteiger partial charge >= 0.3 is 0 Å². The monoisotopic (exact) mass is 232 g/mol. The average Bonchev–Trinajstić information content (AvgIpc) is 2.05. The van der Waals surface area contributed by atoms with Crippen LogP contribution in [0.5, 0.6) is 0 Å². The summed E-state index contributed by atoms with van der Waals surface area (Å²) in [4.78, 5) is 4.09. The third-order valence-electron chi connectivity index (χ3n) is 1.44. The molecular weight excluding hydrogens is 224 g/mol. The van der Waals surface area contributed by atoms with Crippen LogP contribution in [0.1, 0.15) is 18.5 Å². The Morgan fingerprint density at radius 3 is 2.82 bits per heavy atom. The highest BCUT2D eigenvalue weighted by atomic mass is 79.9. The number of aromatic nitrogens is 1. The molecular formula is C7H9BrN2S. The van der Waals surface area contributed by atoms with Gasteiger partial charge < -0.3 is 0 Å². The molecule has 1 atom stereocenters. The van der Waals surface area contributed by atoms with Gasteiger partial charge in [-0.25, -0.2) is 4.98 Å². The zero-order chi connectivity index (χ0) is 8.27. The molecule has 1 unspecified atom stereocenters. The van der Waals surface area contributed by atoms with E-state index < -0.39 is 0 Å². The summed E-state index contributed by atoms with van der Waals surface area (Å²) in [7, 11) is 0. The quantitative estimate of drug-likeness (QED) is 0.605. The molecule has 0 aliphatic rings. The number of pyridine rings is 1. The van der Waals surface area contributed by atoms with E-state index in [0.29, 0.717) is 0 Å². The van der Waals surface area contributed by atoms with E-state index in [9.17, 15) is 0 Å². The highest BCUT2D eigenvalue weighted by Gasteiger charge is 2.01. The number of halogens is 1.